The molecule has 0 amide bonds. The van der Waals surface area contributed by atoms with E-state index in [9.17, 15) is 9.59 Å². The third-order valence-corrected chi connectivity index (χ3v) is 1.93. The summed E-state index contributed by atoms with van der Waals surface area (Å²) in [6.45, 7) is 8.76. The predicted octanol–water partition coefficient (Wildman–Crippen LogP) is 2.31. The van der Waals surface area contributed by atoms with Crippen molar-refractivity contribution in [2.75, 3.05) is 13.2 Å². The van der Waals surface area contributed by atoms with Crippen LogP contribution in [0.3, 0.4) is 0 Å². The molecule has 0 aliphatic carbocycles. The largest absolute Gasteiger partial charge is 0.466 e. The second-order valence-corrected chi connectivity index (χ2v) is 4.87. The molecule has 0 aliphatic heterocycles. The minimum Gasteiger partial charge on any atom is -0.466 e. The van der Waals surface area contributed by atoms with Gasteiger partial charge in [0.2, 0.25) is 0 Å². The van der Waals surface area contributed by atoms with Crippen molar-refractivity contribution in [1.82, 2.24) is 0 Å². The van der Waals surface area contributed by atoms with E-state index in [1.807, 2.05) is 0 Å². The van der Waals surface area contributed by atoms with Crippen LogP contribution in [0.1, 0.15) is 47.0 Å². The number of hydrogen-bond acceptors (Lipinski definition) is 4. The fourth-order valence-electron chi connectivity index (χ4n) is 1.17. The number of rotatable bonds is 6. The van der Waals surface area contributed by atoms with E-state index in [1.165, 1.54) is 0 Å². The lowest BCUT2D eigenvalue weighted by Crippen LogP contribution is -2.15. The molecule has 0 unspecified atom stereocenters. The van der Waals surface area contributed by atoms with Gasteiger partial charge in [-0.25, -0.2) is 0 Å². The highest BCUT2D eigenvalue weighted by Crippen LogP contribution is 2.20. The van der Waals surface area contributed by atoms with Crippen molar-refractivity contribution in [3.8, 4) is 0 Å². The maximum Gasteiger partial charge on any atom is 0.317 e. The Bertz CT molecular complexity index is 228. The van der Waals surface area contributed by atoms with Crippen LogP contribution in [-0.2, 0) is 19.1 Å². The Morgan fingerprint density at radius 3 is 2.12 bits per heavy atom. The highest BCUT2D eigenvalue weighted by Gasteiger charge is 2.13. The average molecular weight is 230 g/mol. The first-order valence-electron chi connectivity index (χ1n) is 5.66. The molecule has 0 heterocycles. The summed E-state index contributed by atoms with van der Waals surface area (Å²) in [5.74, 6) is -1.03. The first kappa shape index (κ1) is 14.9. The van der Waals surface area contributed by atoms with Crippen LogP contribution >= 0.6 is 0 Å². The molecule has 0 bridgehead atoms. The summed E-state index contributed by atoms with van der Waals surface area (Å²) < 4.78 is 9.55. The molecule has 0 rings (SSSR count). The maximum absolute atomic E-state index is 11.1. The summed E-state index contributed by atoms with van der Waals surface area (Å²) in [6, 6.07) is 0. The molecule has 4 heteroatoms. The summed E-state index contributed by atoms with van der Waals surface area (Å²) in [5.41, 5.74) is 0.244. The van der Waals surface area contributed by atoms with Crippen molar-refractivity contribution in [2.24, 2.45) is 5.41 Å². The minimum absolute atomic E-state index is 0.244. The van der Waals surface area contributed by atoms with Crippen molar-refractivity contribution in [3.63, 3.8) is 0 Å². The lowest BCUT2D eigenvalue weighted by atomic mass is 9.91. The zero-order valence-corrected chi connectivity index (χ0v) is 10.7. The number of carbonyl (C=O) groups is 2. The first-order valence-corrected chi connectivity index (χ1v) is 5.66. The van der Waals surface area contributed by atoms with Gasteiger partial charge in [0.1, 0.15) is 6.42 Å². The molecule has 0 fully saturated rings. The number of ether oxygens (including phenoxy) is 2. The maximum atomic E-state index is 11.1. The van der Waals surface area contributed by atoms with Crippen molar-refractivity contribution in [1.29, 1.82) is 0 Å². The molecular weight excluding hydrogens is 208 g/mol. The van der Waals surface area contributed by atoms with Gasteiger partial charge < -0.3 is 9.47 Å². The van der Waals surface area contributed by atoms with Crippen LogP contribution < -0.4 is 0 Å². The SMILES string of the molecule is CCOC(=O)CC(=O)OCCCC(C)(C)C. The standard InChI is InChI=1S/C12H22O4/c1-5-15-10(13)9-11(14)16-8-6-7-12(2,3)4/h5-9H2,1-4H3. The number of carbonyl (C=O) groups excluding carboxylic acids is 2. The van der Waals surface area contributed by atoms with Crippen LogP contribution in [0.2, 0.25) is 0 Å². The van der Waals surface area contributed by atoms with Gasteiger partial charge in [0.25, 0.3) is 0 Å². The van der Waals surface area contributed by atoms with Gasteiger partial charge >= 0.3 is 11.9 Å². The topological polar surface area (TPSA) is 52.6 Å². The molecule has 0 radical (unpaired) electrons. The lowest BCUT2D eigenvalue weighted by molar-refractivity contribution is -0.154. The molecule has 4 nitrogen and oxygen atoms in total. The molecule has 0 aromatic carbocycles. The summed E-state index contributed by atoms with van der Waals surface area (Å²) in [5, 5.41) is 0. The Kier molecular flexibility index (Phi) is 6.77. The Hall–Kier alpha value is -1.06. The van der Waals surface area contributed by atoms with E-state index in [2.05, 4.69) is 25.5 Å². The number of hydrogen-bond donors (Lipinski definition) is 0. The normalized spacial score (nSPS) is 11.0. The highest BCUT2D eigenvalue weighted by molar-refractivity contribution is 5.91. The lowest BCUT2D eigenvalue weighted by Gasteiger charge is -2.17. The van der Waals surface area contributed by atoms with E-state index in [1.54, 1.807) is 6.92 Å². The van der Waals surface area contributed by atoms with E-state index in [4.69, 9.17) is 4.74 Å². The van der Waals surface area contributed by atoms with E-state index >= 15 is 0 Å². The van der Waals surface area contributed by atoms with Crippen molar-refractivity contribution >= 4 is 11.9 Å². The summed E-state index contributed by atoms with van der Waals surface area (Å²) in [4.78, 5) is 22.1. The average Bonchev–Trinajstić information content (AvgIpc) is 2.11. The second kappa shape index (κ2) is 7.25. The molecule has 0 saturated heterocycles. The monoisotopic (exact) mass is 230 g/mol. The van der Waals surface area contributed by atoms with Gasteiger partial charge in [-0.1, -0.05) is 20.8 Å². The van der Waals surface area contributed by atoms with Gasteiger partial charge in [0, 0.05) is 0 Å². The molecule has 0 aliphatic rings. The zero-order chi connectivity index (χ0) is 12.6. The van der Waals surface area contributed by atoms with E-state index < -0.39 is 11.9 Å². The fourth-order valence-corrected chi connectivity index (χ4v) is 1.17. The highest BCUT2D eigenvalue weighted by atomic mass is 16.6. The van der Waals surface area contributed by atoms with Crippen LogP contribution in [0.25, 0.3) is 0 Å². The van der Waals surface area contributed by atoms with Gasteiger partial charge in [-0.2, -0.15) is 0 Å². The van der Waals surface area contributed by atoms with Crippen molar-refractivity contribution < 1.29 is 19.1 Å². The first-order chi connectivity index (χ1) is 7.35. The van der Waals surface area contributed by atoms with Gasteiger partial charge in [-0.05, 0) is 25.2 Å². The van der Waals surface area contributed by atoms with Crippen molar-refractivity contribution in [2.45, 2.75) is 47.0 Å². The molecule has 0 saturated carbocycles. The smallest absolute Gasteiger partial charge is 0.317 e. The summed E-state index contributed by atoms with van der Waals surface area (Å²) in [6.07, 6.45) is 1.51. The van der Waals surface area contributed by atoms with Crippen LogP contribution in [0.15, 0.2) is 0 Å². The van der Waals surface area contributed by atoms with Gasteiger partial charge in [0.15, 0.2) is 0 Å². The zero-order valence-electron chi connectivity index (χ0n) is 10.7. The van der Waals surface area contributed by atoms with Crippen LogP contribution in [-0.4, -0.2) is 25.2 Å². The Balaban J connectivity index is 3.55. The molecule has 0 N–H and O–H groups in total. The summed E-state index contributed by atoms with van der Waals surface area (Å²) >= 11 is 0. The van der Waals surface area contributed by atoms with Gasteiger partial charge in [0.05, 0.1) is 13.2 Å². The molecular formula is C12H22O4. The molecule has 0 spiro atoms. The minimum atomic E-state index is -0.525. The van der Waals surface area contributed by atoms with E-state index in [-0.39, 0.29) is 18.4 Å². The Morgan fingerprint density at radius 2 is 1.62 bits per heavy atom. The quantitative estimate of drug-likeness (QED) is 0.399. The predicted molar refractivity (Wildman–Crippen MR) is 60.9 cm³/mol. The van der Waals surface area contributed by atoms with E-state index in [0.29, 0.717) is 6.61 Å². The van der Waals surface area contributed by atoms with E-state index in [0.717, 1.165) is 12.8 Å². The Morgan fingerprint density at radius 1 is 1.06 bits per heavy atom. The van der Waals surface area contributed by atoms with Crippen molar-refractivity contribution in [3.05, 3.63) is 0 Å². The third-order valence-electron chi connectivity index (χ3n) is 1.93. The second-order valence-electron chi connectivity index (χ2n) is 4.87. The molecule has 94 valence electrons. The Labute approximate surface area is 97.3 Å². The summed E-state index contributed by atoms with van der Waals surface area (Å²) in [7, 11) is 0. The third kappa shape index (κ3) is 9.49. The van der Waals surface area contributed by atoms with Crippen LogP contribution in [0, 0.1) is 5.41 Å². The number of esters is 2. The fraction of sp³-hybridized carbons (Fsp3) is 0.833. The van der Waals surface area contributed by atoms with Gasteiger partial charge in [-0.3, -0.25) is 9.59 Å². The molecule has 16 heavy (non-hydrogen) atoms. The van der Waals surface area contributed by atoms with Gasteiger partial charge in [-0.15, -0.1) is 0 Å². The van der Waals surface area contributed by atoms with Crippen LogP contribution in [0.4, 0.5) is 0 Å². The van der Waals surface area contributed by atoms with Crippen LogP contribution in [0.5, 0.6) is 0 Å². The molecule has 0 aromatic heterocycles. The molecule has 0 atom stereocenters. The molecule has 0 aromatic rings.